The molecule has 0 atom stereocenters. The molecule has 0 radical (unpaired) electrons. The summed E-state index contributed by atoms with van der Waals surface area (Å²) in [5.74, 6) is -1.38. The molecule has 29 heavy (non-hydrogen) atoms. The predicted molar refractivity (Wildman–Crippen MR) is 101 cm³/mol. The zero-order chi connectivity index (χ0) is 20.4. The van der Waals surface area contributed by atoms with Gasteiger partial charge in [0.15, 0.2) is 6.61 Å². The number of rotatable bonds is 5. The van der Waals surface area contributed by atoms with E-state index in [4.69, 9.17) is 20.8 Å². The van der Waals surface area contributed by atoms with Gasteiger partial charge in [-0.1, -0.05) is 29.8 Å². The van der Waals surface area contributed by atoms with Gasteiger partial charge in [0, 0.05) is 16.1 Å². The van der Waals surface area contributed by atoms with Crippen LogP contribution in [0.5, 0.6) is 0 Å². The van der Waals surface area contributed by atoms with E-state index in [9.17, 15) is 14.4 Å². The molecule has 4 rings (SSSR count). The third kappa shape index (κ3) is 4.02. The quantitative estimate of drug-likeness (QED) is 0.469. The van der Waals surface area contributed by atoms with E-state index in [0.717, 1.165) is 4.90 Å². The maximum Gasteiger partial charge on any atom is 0.326 e. The molecule has 9 heteroatoms. The highest BCUT2D eigenvalue weighted by molar-refractivity contribution is 6.30. The van der Waals surface area contributed by atoms with Crippen LogP contribution in [0.3, 0.4) is 0 Å². The lowest BCUT2D eigenvalue weighted by molar-refractivity contribution is -0.149. The molecule has 0 saturated carbocycles. The number of ether oxygens (including phenoxy) is 1. The molecule has 1 aliphatic heterocycles. The molecule has 0 fully saturated rings. The highest BCUT2D eigenvalue weighted by Crippen LogP contribution is 2.21. The lowest BCUT2D eigenvalue weighted by atomic mass is 9.98. The Bertz CT molecular complexity index is 1090. The van der Waals surface area contributed by atoms with Crippen molar-refractivity contribution in [1.29, 1.82) is 0 Å². The van der Waals surface area contributed by atoms with Crippen molar-refractivity contribution in [3.05, 3.63) is 70.6 Å². The molecule has 0 bridgehead atoms. The van der Waals surface area contributed by atoms with Crippen LogP contribution >= 0.6 is 11.6 Å². The summed E-state index contributed by atoms with van der Waals surface area (Å²) in [6, 6.07) is 13.6. The Balaban J connectivity index is 1.37. The molecule has 0 N–H and O–H groups in total. The number of hydrogen-bond acceptors (Lipinski definition) is 7. The van der Waals surface area contributed by atoms with Crippen molar-refractivity contribution in [1.82, 2.24) is 15.1 Å². The van der Waals surface area contributed by atoms with Crippen LogP contribution < -0.4 is 0 Å². The first-order chi connectivity index (χ1) is 14.0. The molecule has 1 aromatic heterocycles. The van der Waals surface area contributed by atoms with Gasteiger partial charge in [0.05, 0.1) is 6.42 Å². The fraction of sp³-hybridized carbons (Fsp3) is 0.150. The zero-order valence-corrected chi connectivity index (χ0v) is 15.8. The third-order valence-electron chi connectivity index (χ3n) is 4.34. The summed E-state index contributed by atoms with van der Waals surface area (Å²) in [6.07, 6.45) is 0.0588. The minimum Gasteiger partial charge on any atom is -0.454 e. The number of carbonyl (C=O) groups excluding carboxylic acids is 3. The zero-order valence-electron chi connectivity index (χ0n) is 15.0. The second-order valence-corrected chi connectivity index (χ2v) is 6.72. The summed E-state index contributed by atoms with van der Waals surface area (Å²) in [7, 11) is 0. The molecule has 8 nitrogen and oxygen atoms in total. The summed E-state index contributed by atoms with van der Waals surface area (Å²) in [5, 5.41) is 8.28. The molecule has 1 aliphatic rings. The number of benzene rings is 2. The van der Waals surface area contributed by atoms with Gasteiger partial charge in [-0.25, -0.2) is 0 Å². The average Bonchev–Trinajstić information content (AvgIpc) is 3.19. The van der Waals surface area contributed by atoms with E-state index >= 15 is 0 Å². The van der Waals surface area contributed by atoms with Gasteiger partial charge in [-0.3, -0.25) is 19.3 Å². The Morgan fingerprint density at radius 2 is 1.86 bits per heavy atom. The predicted octanol–water partition coefficient (Wildman–Crippen LogP) is 2.66. The average molecular weight is 412 g/mol. The Morgan fingerprint density at radius 3 is 2.66 bits per heavy atom. The van der Waals surface area contributed by atoms with Crippen molar-refractivity contribution in [3.63, 3.8) is 0 Å². The minimum atomic E-state index is -0.752. The minimum absolute atomic E-state index is 0.0588. The number of halogens is 1. The number of hydrogen-bond donors (Lipinski definition) is 0. The molecule has 0 unspecified atom stereocenters. The van der Waals surface area contributed by atoms with Crippen LogP contribution in [-0.2, 0) is 27.4 Å². The van der Waals surface area contributed by atoms with Gasteiger partial charge in [-0.05, 0) is 35.9 Å². The van der Waals surface area contributed by atoms with Gasteiger partial charge in [0.25, 0.3) is 11.8 Å². The van der Waals surface area contributed by atoms with Gasteiger partial charge in [0.2, 0.25) is 11.8 Å². The maximum atomic E-state index is 12.5. The Morgan fingerprint density at radius 1 is 1.10 bits per heavy atom. The third-order valence-corrected chi connectivity index (χ3v) is 4.59. The summed E-state index contributed by atoms with van der Waals surface area (Å²) in [4.78, 5) is 37.7. The molecular formula is C20H14ClN3O5. The van der Waals surface area contributed by atoms with Crippen molar-refractivity contribution in [3.8, 4) is 11.5 Å². The number of esters is 1. The normalized spacial score (nSPS) is 13.3. The number of imide groups is 1. The first-order valence-electron chi connectivity index (χ1n) is 8.68. The smallest absolute Gasteiger partial charge is 0.326 e. The van der Waals surface area contributed by atoms with Crippen molar-refractivity contribution < 1.29 is 23.5 Å². The molecule has 0 saturated heterocycles. The highest BCUT2D eigenvalue weighted by atomic mass is 35.5. The van der Waals surface area contributed by atoms with E-state index in [2.05, 4.69) is 10.2 Å². The number of fused-ring (bicyclic) bond motifs is 1. The second kappa shape index (κ2) is 7.84. The fourth-order valence-corrected chi connectivity index (χ4v) is 3.02. The number of amides is 2. The second-order valence-electron chi connectivity index (χ2n) is 6.29. The van der Waals surface area contributed by atoms with E-state index in [1.54, 1.807) is 48.5 Å². The van der Waals surface area contributed by atoms with Gasteiger partial charge >= 0.3 is 5.97 Å². The van der Waals surface area contributed by atoms with Crippen molar-refractivity contribution in [2.75, 3.05) is 6.54 Å². The lowest BCUT2D eigenvalue weighted by Crippen LogP contribution is -2.45. The van der Waals surface area contributed by atoms with E-state index < -0.39 is 24.3 Å². The van der Waals surface area contributed by atoms with Crippen LogP contribution in [0.4, 0.5) is 0 Å². The first-order valence-corrected chi connectivity index (χ1v) is 9.05. The summed E-state index contributed by atoms with van der Waals surface area (Å²) in [6.45, 7) is -0.754. The molecular weight excluding hydrogens is 398 g/mol. The van der Waals surface area contributed by atoms with Crippen LogP contribution in [0.25, 0.3) is 11.5 Å². The number of carbonyl (C=O) groups is 3. The van der Waals surface area contributed by atoms with Gasteiger partial charge < -0.3 is 9.15 Å². The van der Waals surface area contributed by atoms with Crippen LogP contribution in [0.15, 0.2) is 52.9 Å². The molecule has 0 spiro atoms. The van der Waals surface area contributed by atoms with Crippen LogP contribution in [0, 0.1) is 0 Å². The Kier molecular flexibility index (Phi) is 5.09. The Hall–Kier alpha value is -3.52. The standard InChI is InChI=1S/C20H14ClN3O5/c21-14-7-5-12(6-8-14)19-23-22-16(29-19)11-28-18(26)10-24-17(25)9-13-3-1-2-4-15(13)20(24)27/h1-8H,9-11H2. The van der Waals surface area contributed by atoms with E-state index in [-0.39, 0.29) is 24.8 Å². The fourth-order valence-electron chi connectivity index (χ4n) is 2.90. The van der Waals surface area contributed by atoms with E-state index in [1.807, 2.05) is 0 Å². The highest BCUT2D eigenvalue weighted by Gasteiger charge is 2.32. The maximum absolute atomic E-state index is 12.5. The summed E-state index contributed by atoms with van der Waals surface area (Å²) in [5.41, 5.74) is 1.72. The van der Waals surface area contributed by atoms with Gasteiger partial charge in [-0.15, -0.1) is 10.2 Å². The van der Waals surface area contributed by atoms with Crippen molar-refractivity contribution in [2.24, 2.45) is 0 Å². The van der Waals surface area contributed by atoms with Crippen LogP contribution in [-0.4, -0.2) is 39.4 Å². The first kappa shape index (κ1) is 18.8. The molecule has 0 aliphatic carbocycles. The van der Waals surface area contributed by atoms with Crippen molar-refractivity contribution in [2.45, 2.75) is 13.0 Å². The van der Waals surface area contributed by atoms with E-state index in [1.165, 1.54) is 0 Å². The monoisotopic (exact) mass is 411 g/mol. The summed E-state index contributed by atoms with van der Waals surface area (Å²) < 4.78 is 10.5. The lowest BCUT2D eigenvalue weighted by Gasteiger charge is -2.25. The number of aromatic nitrogens is 2. The largest absolute Gasteiger partial charge is 0.454 e. The molecule has 2 heterocycles. The molecule has 3 aromatic rings. The SMILES string of the molecule is O=C(CN1C(=O)Cc2ccccc2C1=O)OCc1nnc(-c2ccc(Cl)cc2)o1. The van der Waals surface area contributed by atoms with Crippen LogP contribution in [0.2, 0.25) is 5.02 Å². The Labute approximate surface area is 170 Å². The molecule has 2 amide bonds. The van der Waals surface area contributed by atoms with Crippen molar-refractivity contribution >= 4 is 29.4 Å². The number of nitrogens with zero attached hydrogens (tertiary/aromatic N) is 3. The molecule has 146 valence electrons. The van der Waals surface area contributed by atoms with Gasteiger partial charge in [-0.2, -0.15) is 0 Å². The summed E-state index contributed by atoms with van der Waals surface area (Å²) >= 11 is 5.84. The topological polar surface area (TPSA) is 103 Å². The van der Waals surface area contributed by atoms with E-state index in [0.29, 0.717) is 21.7 Å². The van der Waals surface area contributed by atoms with Gasteiger partial charge in [0.1, 0.15) is 6.54 Å². The van der Waals surface area contributed by atoms with Crippen LogP contribution in [0.1, 0.15) is 21.8 Å². The molecule has 2 aromatic carbocycles.